The topological polar surface area (TPSA) is 51.6 Å². The fraction of sp³-hybridized carbons (Fsp3) is 0. The van der Waals surface area contributed by atoms with E-state index in [2.05, 4.69) is 19.9 Å². The van der Waals surface area contributed by atoms with Crippen LogP contribution in [0.25, 0.3) is 22.8 Å². The fourth-order valence-electron chi connectivity index (χ4n) is 1.70. The van der Waals surface area contributed by atoms with Crippen molar-refractivity contribution in [3.05, 3.63) is 60.1 Å². The highest BCUT2D eigenvalue weighted by Crippen LogP contribution is 2.24. The Morgan fingerprint density at radius 3 is 2.42 bits per heavy atom. The molecule has 0 saturated carbocycles. The lowest BCUT2D eigenvalue weighted by atomic mass is 10.2. The monoisotopic (exact) mass is 268 g/mol. The first-order valence-electron chi connectivity index (χ1n) is 5.70. The molecule has 0 saturated heterocycles. The van der Waals surface area contributed by atoms with Crippen LogP contribution in [0.2, 0.25) is 5.15 Å². The molecule has 4 nitrogen and oxygen atoms in total. The summed E-state index contributed by atoms with van der Waals surface area (Å²) in [5.74, 6) is 0.568. The average Bonchev–Trinajstić information content (AvgIpc) is 2.49. The van der Waals surface area contributed by atoms with Crippen LogP contribution >= 0.6 is 11.6 Å². The molecule has 0 radical (unpaired) electrons. The second kappa shape index (κ2) is 5.12. The van der Waals surface area contributed by atoms with E-state index in [1.165, 1.54) is 0 Å². The third kappa shape index (κ3) is 2.44. The zero-order chi connectivity index (χ0) is 13.1. The second-order valence-electron chi connectivity index (χ2n) is 3.82. The van der Waals surface area contributed by atoms with E-state index < -0.39 is 0 Å². The van der Waals surface area contributed by atoms with E-state index in [1.54, 1.807) is 24.7 Å². The van der Waals surface area contributed by atoms with E-state index in [1.807, 2.05) is 30.3 Å². The minimum Gasteiger partial charge on any atom is -0.253 e. The van der Waals surface area contributed by atoms with Crippen molar-refractivity contribution in [2.75, 3.05) is 0 Å². The second-order valence-corrected chi connectivity index (χ2v) is 4.18. The summed E-state index contributed by atoms with van der Waals surface area (Å²) in [4.78, 5) is 17.0. The molecule has 92 valence electrons. The molecule has 0 unspecified atom stereocenters. The Kier molecular flexibility index (Phi) is 3.16. The van der Waals surface area contributed by atoms with Crippen LogP contribution in [0.4, 0.5) is 0 Å². The Hall–Kier alpha value is -2.33. The number of halogens is 1. The largest absolute Gasteiger partial charge is 0.253 e. The quantitative estimate of drug-likeness (QED) is 0.670. The maximum absolute atomic E-state index is 6.07. The van der Waals surface area contributed by atoms with E-state index in [4.69, 9.17) is 11.6 Å². The Labute approximate surface area is 115 Å². The predicted octanol–water partition coefficient (Wildman–Crippen LogP) is 3.25. The number of aromatic nitrogens is 4. The predicted molar refractivity (Wildman–Crippen MR) is 73.5 cm³/mol. The van der Waals surface area contributed by atoms with Crippen LogP contribution in [0.5, 0.6) is 0 Å². The van der Waals surface area contributed by atoms with Crippen LogP contribution in [0.15, 0.2) is 55.0 Å². The molecule has 0 spiro atoms. The third-order valence-corrected chi connectivity index (χ3v) is 2.89. The summed E-state index contributed by atoms with van der Waals surface area (Å²) in [6, 6.07) is 11.1. The van der Waals surface area contributed by atoms with Gasteiger partial charge in [-0.1, -0.05) is 17.7 Å². The van der Waals surface area contributed by atoms with Crippen LogP contribution in [-0.4, -0.2) is 19.9 Å². The SMILES string of the molecule is Clc1ncccc1-c1ccnc(-c2ccccn2)n1. The summed E-state index contributed by atoms with van der Waals surface area (Å²) in [6.07, 6.45) is 5.05. The maximum Gasteiger partial charge on any atom is 0.178 e. The Balaban J connectivity index is 2.09. The molecule has 0 aliphatic carbocycles. The van der Waals surface area contributed by atoms with Gasteiger partial charge in [-0.25, -0.2) is 15.0 Å². The Bertz CT molecular complexity index is 701. The van der Waals surface area contributed by atoms with Gasteiger partial charge in [-0.05, 0) is 30.3 Å². The molecule has 0 N–H and O–H groups in total. The summed E-state index contributed by atoms with van der Waals surface area (Å²) in [5.41, 5.74) is 2.24. The molecule has 3 rings (SSSR count). The van der Waals surface area contributed by atoms with Gasteiger partial charge in [0.2, 0.25) is 0 Å². The van der Waals surface area contributed by atoms with Crippen molar-refractivity contribution < 1.29 is 0 Å². The van der Waals surface area contributed by atoms with Crippen molar-refractivity contribution in [2.45, 2.75) is 0 Å². The molecule has 0 atom stereocenters. The lowest BCUT2D eigenvalue weighted by Crippen LogP contribution is -1.94. The molecule has 0 aliphatic rings. The van der Waals surface area contributed by atoms with E-state index in [0.717, 1.165) is 17.0 Å². The molecule has 3 aromatic heterocycles. The van der Waals surface area contributed by atoms with Gasteiger partial charge in [0, 0.05) is 24.2 Å². The molecule has 0 aliphatic heterocycles. The molecular weight excluding hydrogens is 260 g/mol. The standard InChI is InChI=1S/C14H9ClN4/c15-13-10(4-3-8-17-13)11-6-9-18-14(19-11)12-5-1-2-7-16-12/h1-9H. The van der Waals surface area contributed by atoms with E-state index >= 15 is 0 Å². The summed E-state index contributed by atoms with van der Waals surface area (Å²) in [6.45, 7) is 0. The summed E-state index contributed by atoms with van der Waals surface area (Å²) >= 11 is 6.07. The van der Waals surface area contributed by atoms with E-state index in [0.29, 0.717) is 11.0 Å². The van der Waals surface area contributed by atoms with Gasteiger partial charge >= 0.3 is 0 Å². The molecule has 5 heteroatoms. The number of hydrogen-bond acceptors (Lipinski definition) is 4. The van der Waals surface area contributed by atoms with Gasteiger partial charge in [0.05, 0.1) is 5.69 Å². The molecule has 3 aromatic rings. The molecule has 0 amide bonds. The van der Waals surface area contributed by atoms with Gasteiger partial charge in [-0.2, -0.15) is 0 Å². The van der Waals surface area contributed by atoms with Crippen molar-refractivity contribution in [1.29, 1.82) is 0 Å². The van der Waals surface area contributed by atoms with Gasteiger partial charge in [0.25, 0.3) is 0 Å². The van der Waals surface area contributed by atoms with Crippen molar-refractivity contribution in [1.82, 2.24) is 19.9 Å². The van der Waals surface area contributed by atoms with Crippen LogP contribution < -0.4 is 0 Å². The lowest BCUT2D eigenvalue weighted by Gasteiger charge is -2.04. The first-order valence-corrected chi connectivity index (χ1v) is 6.08. The van der Waals surface area contributed by atoms with Gasteiger partial charge in [-0.15, -0.1) is 0 Å². The molecule has 0 fully saturated rings. The maximum atomic E-state index is 6.07. The smallest absolute Gasteiger partial charge is 0.178 e. The minimum atomic E-state index is 0.424. The highest BCUT2D eigenvalue weighted by atomic mass is 35.5. The van der Waals surface area contributed by atoms with Gasteiger partial charge in [0.15, 0.2) is 5.82 Å². The zero-order valence-electron chi connectivity index (χ0n) is 9.86. The summed E-state index contributed by atoms with van der Waals surface area (Å²) in [5, 5.41) is 0.424. The number of nitrogens with zero attached hydrogens (tertiary/aromatic N) is 4. The van der Waals surface area contributed by atoms with Gasteiger partial charge in [0.1, 0.15) is 10.8 Å². The summed E-state index contributed by atoms with van der Waals surface area (Å²) < 4.78 is 0. The highest BCUT2D eigenvalue weighted by Gasteiger charge is 2.08. The van der Waals surface area contributed by atoms with Gasteiger partial charge < -0.3 is 0 Å². The summed E-state index contributed by atoms with van der Waals surface area (Å²) in [7, 11) is 0. The van der Waals surface area contributed by atoms with Crippen LogP contribution in [0.3, 0.4) is 0 Å². The van der Waals surface area contributed by atoms with Crippen LogP contribution in [-0.2, 0) is 0 Å². The van der Waals surface area contributed by atoms with E-state index in [9.17, 15) is 0 Å². The molecule has 0 aromatic carbocycles. The van der Waals surface area contributed by atoms with Crippen molar-refractivity contribution in [3.63, 3.8) is 0 Å². The first kappa shape index (κ1) is 11.7. The van der Waals surface area contributed by atoms with Crippen LogP contribution in [0.1, 0.15) is 0 Å². The fourth-order valence-corrected chi connectivity index (χ4v) is 1.92. The van der Waals surface area contributed by atoms with Crippen molar-refractivity contribution in [2.24, 2.45) is 0 Å². The first-order chi connectivity index (χ1) is 9.34. The van der Waals surface area contributed by atoms with Crippen LogP contribution in [0, 0.1) is 0 Å². The Morgan fingerprint density at radius 2 is 1.63 bits per heavy atom. The Morgan fingerprint density at radius 1 is 0.737 bits per heavy atom. The highest BCUT2D eigenvalue weighted by molar-refractivity contribution is 6.32. The van der Waals surface area contributed by atoms with Crippen molar-refractivity contribution in [3.8, 4) is 22.8 Å². The minimum absolute atomic E-state index is 0.424. The molecule has 0 bridgehead atoms. The molecule has 3 heterocycles. The normalized spacial score (nSPS) is 10.4. The molecular formula is C14H9ClN4. The van der Waals surface area contributed by atoms with Gasteiger partial charge in [-0.3, -0.25) is 4.98 Å². The number of hydrogen-bond donors (Lipinski definition) is 0. The van der Waals surface area contributed by atoms with Crippen molar-refractivity contribution >= 4 is 11.6 Å². The number of rotatable bonds is 2. The molecule has 19 heavy (non-hydrogen) atoms. The number of pyridine rings is 2. The average molecular weight is 269 g/mol. The van der Waals surface area contributed by atoms with E-state index in [-0.39, 0.29) is 0 Å². The zero-order valence-corrected chi connectivity index (χ0v) is 10.6. The lowest BCUT2D eigenvalue weighted by molar-refractivity contribution is 1.14. The third-order valence-electron chi connectivity index (χ3n) is 2.58.